The fourth-order valence-electron chi connectivity index (χ4n) is 1.95. The third-order valence-electron chi connectivity index (χ3n) is 2.94. The first kappa shape index (κ1) is 11.8. The van der Waals surface area contributed by atoms with E-state index in [9.17, 15) is 9.50 Å². The van der Waals surface area contributed by atoms with E-state index in [1.54, 1.807) is 13.0 Å². The van der Waals surface area contributed by atoms with Gasteiger partial charge in [0, 0.05) is 0 Å². The standard InChI is InChI=1S/C15H15FO/c1-11-8-13(10-14(16)9-11)15(2,17)12-6-4-3-5-7-12/h3-10,17H,1-2H3. The van der Waals surface area contributed by atoms with Crippen LogP contribution in [0.3, 0.4) is 0 Å². The lowest BCUT2D eigenvalue weighted by molar-refractivity contribution is 0.102. The number of halogens is 1. The minimum absolute atomic E-state index is 0.323. The van der Waals surface area contributed by atoms with Crippen molar-refractivity contribution in [1.82, 2.24) is 0 Å². The van der Waals surface area contributed by atoms with Crippen LogP contribution in [0.15, 0.2) is 48.5 Å². The van der Waals surface area contributed by atoms with Crippen LogP contribution in [-0.4, -0.2) is 5.11 Å². The van der Waals surface area contributed by atoms with Crippen molar-refractivity contribution in [3.05, 3.63) is 71.0 Å². The molecular weight excluding hydrogens is 215 g/mol. The topological polar surface area (TPSA) is 20.2 Å². The maximum Gasteiger partial charge on any atom is 0.123 e. The lowest BCUT2D eigenvalue weighted by Crippen LogP contribution is -2.23. The third-order valence-corrected chi connectivity index (χ3v) is 2.94. The fourth-order valence-corrected chi connectivity index (χ4v) is 1.95. The second-order valence-electron chi connectivity index (χ2n) is 4.46. The van der Waals surface area contributed by atoms with E-state index in [-0.39, 0.29) is 5.82 Å². The van der Waals surface area contributed by atoms with Gasteiger partial charge in [-0.1, -0.05) is 36.4 Å². The molecule has 0 aliphatic rings. The summed E-state index contributed by atoms with van der Waals surface area (Å²) in [5.41, 5.74) is 0.955. The van der Waals surface area contributed by atoms with Gasteiger partial charge in [-0.25, -0.2) is 4.39 Å². The minimum Gasteiger partial charge on any atom is -0.381 e. The molecule has 0 aromatic heterocycles. The van der Waals surface area contributed by atoms with Crippen LogP contribution in [0, 0.1) is 12.7 Å². The van der Waals surface area contributed by atoms with Crippen molar-refractivity contribution in [2.24, 2.45) is 0 Å². The summed E-state index contributed by atoms with van der Waals surface area (Å²) in [6.45, 7) is 3.49. The smallest absolute Gasteiger partial charge is 0.123 e. The molecule has 0 saturated heterocycles. The number of hydrogen-bond donors (Lipinski definition) is 1. The molecule has 0 radical (unpaired) electrons. The molecule has 0 spiro atoms. The summed E-state index contributed by atoms with van der Waals surface area (Å²) in [5, 5.41) is 10.5. The van der Waals surface area contributed by atoms with Crippen molar-refractivity contribution in [3.63, 3.8) is 0 Å². The molecule has 0 heterocycles. The maximum atomic E-state index is 13.4. The van der Waals surface area contributed by atoms with Crippen LogP contribution in [0.25, 0.3) is 0 Å². The van der Waals surface area contributed by atoms with Crippen molar-refractivity contribution in [3.8, 4) is 0 Å². The van der Waals surface area contributed by atoms with Gasteiger partial charge in [-0.3, -0.25) is 0 Å². The summed E-state index contributed by atoms with van der Waals surface area (Å²) in [6, 6.07) is 13.9. The molecule has 1 atom stereocenters. The highest BCUT2D eigenvalue weighted by atomic mass is 19.1. The largest absolute Gasteiger partial charge is 0.381 e. The number of aliphatic hydroxyl groups is 1. The van der Waals surface area contributed by atoms with E-state index in [1.165, 1.54) is 12.1 Å². The Kier molecular flexibility index (Phi) is 2.99. The molecule has 0 aliphatic heterocycles. The zero-order valence-corrected chi connectivity index (χ0v) is 9.94. The number of rotatable bonds is 2. The summed E-state index contributed by atoms with van der Waals surface area (Å²) in [5.74, 6) is -0.323. The summed E-state index contributed by atoms with van der Waals surface area (Å²) in [6.07, 6.45) is 0. The van der Waals surface area contributed by atoms with Crippen LogP contribution in [-0.2, 0) is 5.60 Å². The lowest BCUT2D eigenvalue weighted by atomic mass is 9.87. The summed E-state index contributed by atoms with van der Waals surface area (Å²) >= 11 is 0. The van der Waals surface area contributed by atoms with Gasteiger partial charge in [0.05, 0.1) is 0 Å². The molecule has 0 fully saturated rings. The Bertz CT molecular complexity index is 497. The Morgan fingerprint density at radius 1 is 1.00 bits per heavy atom. The Balaban J connectivity index is 2.51. The van der Waals surface area contributed by atoms with Gasteiger partial charge in [-0.05, 0) is 42.7 Å². The van der Waals surface area contributed by atoms with Crippen LogP contribution >= 0.6 is 0 Å². The van der Waals surface area contributed by atoms with Crippen molar-refractivity contribution in [2.75, 3.05) is 0 Å². The van der Waals surface area contributed by atoms with E-state index in [2.05, 4.69) is 0 Å². The maximum absolute atomic E-state index is 13.4. The zero-order valence-electron chi connectivity index (χ0n) is 9.94. The van der Waals surface area contributed by atoms with Crippen LogP contribution in [0.5, 0.6) is 0 Å². The quantitative estimate of drug-likeness (QED) is 0.838. The summed E-state index contributed by atoms with van der Waals surface area (Å²) < 4.78 is 13.4. The molecule has 0 aliphatic carbocycles. The molecule has 1 N–H and O–H groups in total. The Morgan fingerprint density at radius 3 is 2.24 bits per heavy atom. The van der Waals surface area contributed by atoms with Gasteiger partial charge in [0.2, 0.25) is 0 Å². The zero-order chi connectivity index (χ0) is 12.5. The van der Waals surface area contributed by atoms with Gasteiger partial charge in [-0.2, -0.15) is 0 Å². The second-order valence-corrected chi connectivity index (χ2v) is 4.46. The van der Waals surface area contributed by atoms with E-state index in [0.29, 0.717) is 5.56 Å². The molecular formula is C15H15FO. The number of aryl methyl sites for hydroxylation is 1. The molecule has 2 aromatic carbocycles. The first-order valence-electron chi connectivity index (χ1n) is 5.56. The normalized spacial score (nSPS) is 14.4. The van der Waals surface area contributed by atoms with E-state index >= 15 is 0 Å². The molecule has 2 rings (SSSR count). The minimum atomic E-state index is -1.17. The van der Waals surface area contributed by atoms with E-state index < -0.39 is 5.60 Å². The molecule has 1 unspecified atom stereocenters. The molecule has 17 heavy (non-hydrogen) atoms. The van der Waals surface area contributed by atoms with Gasteiger partial charge < -0.3 is 5.11 Å². The van der Waals surface area contributed by atoms with Gasteiger partial charge in [0.1, 0.15) is 11.4 Å². The molecule has 2 heteroatoms. The number of hydrogen-bond acceptors (Lipinski definition) is 1. The van der Waals surface area contributed by atoms with Crippen molar-refractivity contribution >= 4 is 0 Å². The van der Waals surface area contributed by atoms with Crippen LogP contribution in [0.4, 0.5) is 4.39 Å². The van der Waals surface area contributed by atoms with Crippen molar-refractivity contribution in [1.29, 1.82) is 0 Å². The molecule has 88 valence electrons. The highest BCUT2D eigenvalue weighted by Crippen LogP contribution is 2.29. The van der Waals surface area contributed by atoms with Crippen molar-refractivity contribution in [2.45, 2.75) is 19.4 Å². The molecule has 2 aromatic rings. The van der Waals surface area contributed by atoms with E-state index in [0.717, 1.165) is 11.1 Å². The average Bonchev–Trinajstić information content (AvgIpc) is 2.29. The SMILES string of the molecule is Cc1cc(F)cc(C(C)(O)c2ccccc2)c1. The van der Waals surface area contributed by atoms with E-state index in [1.807, 2.05) is 37.3 Å². The lowest BCUT2D eigenvalue weighted by Gasteiger charge is -2.25. The van der Waals surface area contributed by atoms with Crippen LogP contribution in [0.2, 0.25) is 0 Å². The van der Waals surface area contributed by atoms with Crippen LogP contribution < -0.4 is 0 Å². The predicted octanol–water partition coefficient (Wildman–Crippen LogP) is 3.39. The van der Waals surface area contributed by atoms with Gasteiger partial charge in [-0.15, -0.1) is 0 Å². The molecule has 0 bridgehead atoms. The predicted molar refractivity (Wildman–Crippen MR) is 66.3 cm³/mol. The van der Waals surface area contributed by atoms with Crippen molar-refractivity contribution < 1.29 is 9.50 Å². The first-order chi connectivity index (χ1) is 8.00. The highest BCUT2D eigenvalue weighted by Gasteiger charge is 2.25. The van der Waals surface area contributed by atoms with Gasteiger partial charge in [0.15, 0.2) is 0 Å². The summed E-state index contributed by atoms with van der Waals surface area (Å²) in [7, 11) is 0. The molecule has 0 amide bonds. The second kappa shape index (κ2) is 4.30. The molecule has 1 nitrogen and oxygen atoms in total. The van der Waals surface area contributed by atoms with Crippen LogP contribution in [0.1, 0.15) is 23.6 Å². The van der Waals surface area contributed by atoms with Gasteiger partial charge in [0.25, 0.3) is 0 Å². The van der Waals surface area contributed by atoms with Gasteiger partial charge >= 0.3 is 0 Å². The Labute approximate surface area is 101 Å². The summed E-state index contributed by atoms with van der Waals surface area (Å²) in [4.78, 5) is 0. The number of benzene rings is 2. The third kappa shape index (κ3) is 2.37. The Hall–Kier alpha value is -1.67. The highest BCUT2D eigenvalue weighted by molar-refractivity contribution is 5.37. The fraction of sp³-hybridized carbons (Fsp3) is 0.200. The average molecular weight is 230 g/mol. The molecule has 0 saturated carbocycles. The Morgan fingerprint density at radius 2 is 1.65 bits per heavy atom. The van der Waals surface area contributed by atoms with E-state index in [4.69, 9.17) is 0 Å². The monoisotopic (exact) mass is 230 g/mol. The first-order valence-corrected chi connectivity index (χ1v) is 5.56.